The third-order valence-electron chi connectivity index (χ3n) is 2.42. The summed E-state index contributed by atoms with van der Waals surface area (Å²) in [6.45, 7) is 3.61. The van der Waals surface area contributed by atoms with Gasteiger partial charge in [0.2, 0.25) is 0 Å². The standard InChI is InChI=1S/C12H13N/c1-2-3-9-13-12-6-4-5-10-7-8-11(10)12/h2-3,7-9H,1,4-6H2/b9-3-,13-12?. The van der Waals surface area contributed by atoms with Crippen LogP contribution >= 0.6 is 0 Å². The molecule has 13 heavy (non-hydrogen) atoms. The van der Waals surface area contributed by atoms with Crippen LogP contribution in [0, 0.1) is 0 Å². The first-order valence-electron chi connectivity index (χ1n) is 4.67. The van der Waals surface area contributed by atoms with Crippen LogP contribution in [0.15, 0.2) is 53.2 Å². The number of fused-ring (bicyclic) bond motifs is 1. The molecule has 0 amide bonds. The molecule has 0 aromatic carbocycles. The van der Waals surface area contributed by atoms with Crippen LogP contribution in [0.5, 0.6) is 0 Å². The summed E-state index contributed by atoms with van der Waals surface area (Å²) in [5.41, 5.74) is 4.10. The molecule has 2 aliphatic carbocycles. The van der Waals surface area contributed by atoms with E-state index in [0.29, 0.717) is 0 Å². The Kier molecular flexibility index (Phi) is 2.26. The van der Waals surface area contributed by atoms with Crippen LogP contribution < -0.4 is 0 Å². The highest BCUT2D eigenvalue weighted by atomic mass is 14.7. The zero-order valence-corrected chi connectivity index (χ0v) is 7.66. The molecule has 0 heterocycles. The summed E-state index contributed by atoms with van der Waals surface area (Å²) >= 11 is 0. The second kappa shape index (κ2) is 3.56. The Morgan fingerprint density at radius 3 is 2.92 bits per heavy atom. The SMILES string of the molecule is C=C/C=C\N=C1CCCC2=CC=C21. The van der Waals surface area contributed by atoms with Gasteiger partial charge >= 0.3 is 0 Å². The highest BCUT2D eigenvalue weighted by Crippen LogP contribution is 2.32. The highest BCUT2D eigenvalue weighted by molar-refractivity contribution is 6.07. The van der Waals surface area contributed by atoms with Gasteiger partial charge in [-0.05, 0) is 36.5 Å². The maximum Gasteiger partial charge on any atom is 0.0478 e. The first kappa shape index (κ1) is 8.24. The Balaban J connectivity index is 2.10. The topological polar surface area (TPSA) is 12.4 Å². The molecule has 0 aliphatic heterocycles. The minimum Gasteiger partial charge on any atom is -0.261 e. The van der Waals surface area contributed by atoms with Gasteiger partial charge in [0, 0.05) is 11.9 Å². The van der Waals surface area contributed by atoms with Crippen LogP contribution in [0.1, 0.15) is 19.3 Å². The molecule has 1 saturated carbocycles. The Hall–Kier alpha value is -1.37. The molecular weight excluding hydrogens is 158 g/mol. The fraction of sp³-hybridized carbons (Fsp3) is 0.250. The van der Waals surface area contributed by atoms with E-state index in [0.717, 1.165) is 6.42 Å². The van der Waals surface area contributed by atoms with E-state index in [4.69, 9.17) is 0 Å². The monoisotopic (exact) mass is 171 g/mol. The van der Waals surface area contributed by atoms with Crippen molar-refractivity contribution >= 4 is 5.71 Å². The van der Waals surface area contributed by atoms with E-state index in [9.17, 15) is 0 Å². The summed E-state index contributed by atoms with van der Waals surface area (Å²) < 4.78 is 0. The second-order valence-corrected chi connectivity index (χ2v) is 3.28. The molecule has 1 fully saturated rings. The summed E-state index contributed by atoms with van der Waals surface area (Å²) in [5, 5.41) is 0. The molecular formula is C12H13N. The molecule has 0 spiro atoms. The van der Waals surface area contributed by atoms with Crippen LogP contribution in [0.25, 0.3) is 0 Å². The lowest BCUT2D eigenvalue weighted by atomic mass is 9.82. The molecule has 1 nitrogen and oxygen atoms in total. The van der Waals surface area contributed by atoms with Gasteiger partial charge < -0.3 is 0 Å². The van der Waals surface area contributed by atoms with E-state index in [2.05, 4.69) is 23.7 Å². The maximum absolute atomic E-state index is 4.41. The fourth-order valence-corrected chi connectivity index (χ4v) is 1.69. The van der Waals surface area contributed by atoms with Crippen LogP contribution in [0.3, 0.4) is 0 Å². The smallest absolute Gasteiger partial charge is 0.0478 e. The summed E-state index contributed by atoms with van der Waals surface area (Å²) in [4.78, 5) is 4.41. The van der Waals surface area contributed by atoms with Crippen molar-refractivity contribution in [3.8, 4) is 0 Å². The van der Waals surface area contributed by atoms with E-state index in [1.54, 1.807) is 6.08 Å². The molecule has 0 bridgehead atoms. The largest absolute Gasteiger partial charge is 0.261 e. The maximum atomic E-state index is 4.41. The molecule has 0 aromatic rings. The Morgan fingerprint density at radius 2 is 2.23 bits per heavy atom. The van der Waals surface area contributed by atoms with Crippen molar-refractivity contribution in [3.05, 3.63) is 48.2 Å². The average molecular weight is 171 g/mol. The second-order valence-electron chi connectivity index (χ2n) is 3.28. The van der Waals surface area contributed by atoms with E-state index >= 15 is 0 Å². The van der Waals surface area contributed by atoms with Crippen molar-refractivity contribution in [2.24, 2.45) is 4.99 Å². The minimum absolute atomic E-state index is 1.12. The van der Waals surface area contributed by atoms with Crippen molar-refractivity contribution in [2.45, 2.75) is 19.3 Å². The van der Waals surface area contributed by atoms with Gasteiger partial charge in [0.15, 0.2) is 0 Å². The minimum atomic E-state index is 1.12. The number of hydrogen-bond donors (Lipinski definition) is 0. The van der Waals surface area contributed by atoms with Crippen molar-refractivity contribution in [1.82, 2.24) is 0 Å². The van der Waals surface area contributed by atoms with E-state index in [1.165, 1.54) is 29.7 Å². The molecule has 1 heteroatoms. The number of hydrogen-bond acceptors (Lipinski definition) is 1. The summed E-state index contributed by atoms with van der Waals surface area (Å²) in [5.74, 6) is 0. The third-order valence-corrected chi connectivity index (χ3v) is 2.42. The van der Waals surface area contributed by atoms with Gasteiger partial charge in [-0.25, -0.2) is 0 Å². The van der Waals surface area contributed by atoms with E-state index in [-0.39, 0.29) is 0 Å². The van der Waals surface area contributed by atoms with Gasteiger partial charge in [0.05, 0.1) is 0 Å². The van der Waals surface area contributed by atoms with Gasteiger partial charge in [-0.1, -0.05) is 24.8 Å². The third kappa shape index (κ3) is 1.55. The van der Waals surface area contributed by atoms with Crippen LogP contribution in [0.2, 0.25) is 0 Å². The summed E-state index contributed by atoms with van der Waals surface area (Å²) in [6, 6.07) is 0. The van der Waals surface area contributed by atoms with Gasteiger partial charge in [-0.3, -0.25) is 4.99 Å². The Labute approximate surface area is 78.9 Å². The molecule has 0 atom stereocenters. The lowest BCUT2D eigenvalue weighted by molar-refractivity contribution is 0.826. The lowest BCUT2D eigenvalue weighted by Gasteiger charge is -2.24. The number of rotatable bonds is 2. The molecule has 66 valence electrons. The predicted octanol–water partition coefficient (Wildman–Crippen LogP) is 3.18. The van der Waals surface area contributed by atoms with Gasteiger partial charge in [0.25, 0.3) is 0 Å². The lowest BCUT2D eigenvalue weighted by Crippen LogP contribution is -2.15. The number of nitrogens with zero attached hydrogens (tertiary/aromatic N) is 1. The van der Waals surface area contributed by atoms with Crippen LogP contribution in [-0.4, -0.2) is 5.71 Å². The summed E-state index contributed by atoms with van der Waals surface area (Å²) in [6.07, 6.45) is 13.4. The van der Waals surface area contributed by atoms with Crippen molar-refractivity contribution in [1.29, 1.82) is 0 Å². The van der Waals surface area contributed by atoms with Crippen LogP contribution in [-0.2, 0) is 0 Å². The van der Waals surface area contributed by atoms with Gasteiger partial charge in [-0.15, -0.1) is 0 Å². The molecule has 0 N–H and O–H groups in total. The van der Waals surface area contributed by atoms with Crippen molar-refractivity contribution < 1.29 is 0 Å². The van der Waals surface area contributed by atoms with E-state index in [1.807, 2.05) is 12.3 Å². The highest BCUT2D eigenvalue weighted by Gasteiger charge is 2.20. The van der Waals surface area contributed by atoms with Crippen molar-refractivity contribution in [3.63, 3.8) is 0 Å². The normalized spacial score (nSPS) is 23.5. The first-order valence-corrected chi connectivity index (χ1v) is 4.67. The fourth-order valence-electron chi connectivity index (χ4n) is 1.69. The van der Waals surface area contributed by atoms with Gasteiger partial charge in [-0.2, -0.15) is 0 Å². The van der Waals surface area contributed by atoms with Gasteiger partial charge in [0.1, 0.15) is 0 Å². The average Bonchev–Trinajstić information content (AvgIpc) is 2.08. The van der Waals surface area contributed by atoms with Crippen molar-refractivity contribution in [2.75, 3.05) is 0 Å². The molecule has 2 rings (SSSR count). The molecule has 0 saturated heterocycles. The Morgan fingerprint density at radius 1 is 1.31 bits per heavy atom. The quantitative estimate of drug-likeness (QED) is 0.566. The predicted molar refractivity (Wildman–Crippen MR) is 56.8 cm³/mol. The zero-order chi connectivity index (χ0) is 9.10. The van der Waals surface area contributed by atoms with E-state index < -0.39 is 0 Å². The Bertz CT molecular complexity index is 340. The first-order chi connectivity index (χ1) is 6.42. The number of aliphatic imine (C=N–C) groups is 1. The molecule has 0 aromatic heterocycles. The molecule has 0 unspecified atom stereocenters. The number of allylic oxidation sites excluding steroid dienone is 6. The summed E-state index contributed by atoms with van der Waals surface area (Å²) in [7, 11) is 0. The van der Waals surface area contributed by atoms with Crippen LogP contribution in [0.4, 0.5) is 0 Å². The molecule has 2 aliphatic rings. The molecule has 0 radical (unpaired) electrons. The zero-order valence-electron chi connectivity index (χ0n) is 7.66.